The van der Waals surface area contributed by atoms with Gasteiger partial charge in [-0.3, -0.25) is 0 Å². The fourth-order valence-electron chi connectivity index (χ4n) is 1.38. The molecule has 3 nitrogen and oxygen atoms in total. The molecule has 0 saturated heterocycles. The van der Waals surface area contributed by atoms with Gasteiger partial charge in [0.25, 0.3) is 0 Å². The van der Waals surface area contributed by atoms with E-state index in [2.05, 4.69) is 23.7 Å². The van der Waals surface area contributed by atoms with Gasteiger partial charge >= 0.3 is 38.7 Å². The Bertz CT molecular complexity index is 524. The van der Waals surface area contributed by atoms with Crippen molar-refractivity contribution in [2.24, 2.45) is 0 Å². The summed E-state index contributed by atoms with van der Waals surface area (Å²) in [6, 6.07) is 5.25. The van der Waals surface area contributed by atoms with Crippen LogP contribution in [0.15, 0.2) is 18.2 Å². The first-order valence-corrected chi connectivity index (χ1v) is 8.04. The topological polar surface area (TPSA) is 31.4 Å². The van der Waals surface area contributed by atoms with Crippen molar-refractivity contribution < 1.29 is 25.2 Å². The predicted molar refractivity (Wildman–Crippen MR) is 73.3 cm³/mol. The van der Waals surface area contributed by atoms with E-state index in [-0.39, 0.29) is 0 Å². The average Bonchev–Trinajstić information content (AvgIpc) is 2.28. The van der Waals surface area contributed by atoms with Crippen LogP contribution >= 0.6 is 19.4 Å². The monoisotopic (exact) mass is 355 g/mol. The third-order valence-electron chi connectivity index (χ3n) is 2.15. The molecule has 0 atom stereocenters. The number of diazo groups is 1. The molecule has 0 spiro atoms. The summed E-state index contributed by atoms with van der Waals surface area (Å²) in [5.74, 6) is 0. The second-order valence-corrected chi connectivity index (χ2v) is 6.19. The minimum atomic E-state index is -10.7. The quantitative estimate of drug-likeness (QED) is 0.330. The summed E-state index contributed by atoms with van der Waals surface area (Å²) in [6.45, 7) is 5.96. The Morgan fingerprint density at radius 2 is 1.52 bits per heavy atom. The summed E-state index contributed by atoms with van der Waals surface area (Å²) >= 11 is 6.05. The third kappa shape index (κ3) is 11.1. The molecule has 0 radical (unpaired) electrons. The van der Waals surface area contributed by atoms with Gasteiger partial charge in [0, 0.05) is 19.2 Å². The molecule has 0 aliphatic heterocycles. The number of anilines is 1. The van der Waals surface area contributed by atoms with Crippen molar-refractivity contribution in [3.63, 3.8) is 0 Å². The summed E-state index contributed by atoms with van der Waals surface area (Å²) in [4.78, 5) is 5.22. The molecule has 0 aromatic heterocycles. The van der Waals surface area contributed by atoms with E-state index < -0.39 is 7.81 Å². The molecule has 0 fully saturated rings. The van der Waals surface area contributed by atoms with E-state index in [1.165, 1.54) is 0 Å². The van der Waals surface area contributed by atoms with Crippen LogP contribution in [0.4, 0.5) is 36.6 Å². The van der Waals surface area contributed by atoms with Gasteiger partial charge in [0.1, 0.15) is 0 Å². The molecule has 0 saturated carbocycles. The summed E-state index contributed by atoms with van der Waals surface area (Å²) in [5, 5.41) is 9.17. The molecule has 0 aliphatic rings. The van der Waals surface area contributed by atoms with E-state index >= 15 is 0 Å². The van der Waals surface area contributed by atoms with E-state index in [4.69, 9.17) is 17.0 Å². The molecule has 0 heterocycles. The van der Waals surface area contributed by atoms with Crippen LogP contribution in [0.5, 0.6) is 0 Å². The van der Waals surface area contributed by atoms with Crippen molar-refractivity contribution in [1.29, 1.82) is 5.39 Å². The van der Waals surface area contributed by atoms with Crippen molar-refractivity contribution in [3.05, 3.63) is 28.2 Å². The molecule has 0 N–H and O–H groups in total. The maximum atomic E-state index is 9.87. The van der Waals surface area contributed by atoms with Crippen molar-refractivity contribution >= 4 is 30.8 Å². The molecular weight excluding hydrogens is 343 g/mol. The Labute approximate surface area is 122 Å². The van der Waals surface area contributed by atoms with Crippen LogP contribution in [0.2, 0.25) is 5.02 Å². The van der Waals surface area contributed by atoms with Gasteiger partial charge in [-0.15, -0.1) is 0 Å². The van der Waals surface area contributed by atoms with Crippen molar-refractivity contribution in [2.45, 2.75) is 13.8 Å². The van der Waals surface area contributed by atoms with Crippen molar-refractivity contribution in [3.8, 4) is 0 Å². The van der Waals surface area contributed by atoms with Gasteiger partial charge < -0.3 is 4.90 Å². The molecular formula is C10H13ClF6N3P. The van der Waals surface area contributed by atoms with Gasteiger partial charge in [-0.05, 0) is 19.9 Å². The number of halogens is 7. The van der Waals surface area contributed by atoms with Crippen molar-refractivity contribution in [1.82, 2.24) is 0 Å². The number of nitrogens with zero attached hydrogens (tertiary/aromatic N) is 3. The molecule has 0 aliphatic carbocycles. The Balaban J connectivity index is 0.000000486. The number of rotatable bonds is 3. The first-order chi connectivity index (χ1) is 9.17. The van der Waals surface area contributed by atoms with E-state index in [0.717, 1.165) is 18.8 Å². The van der Waals surface area contributed by atoms with Gasteiger partial charge in [0.15, 0.2) is 4.98 Å². The number of hydrogen-bond acceptors (Lipinski definition) is 2. The van der Waals surface area contributed by atoms with E-state index in [1.807, 2.05) is 6.07 Å². The van der Waals surface area contributed by atoms with E-state index in [1.54, 1.807) is 12.1 Å². The average molecular weight is 356 g/mol. The van der Waals surface area contributed by atoms with Gasteiger partial charge in [-0.2, -0.15) is 0 Å². The van der Waals surface area contributed by atoms with Gasteiger partial charge in [-0.1, -0.05) is 11.6 Å². The number of hydrogen-bond donors (Lipinski definition) is 0. The molecule has 0 amide bonds. The van der Waals surface area contributed by atoms with Crippen LogP contribution in [0.3, 0.4) is 0 Å². The Hall–Kier alpha value is -1.26. The zero-order valence-electron chi connectivity index (χ0n) is 11.1. The predicted octanol–water partition coefficient (Wildman–Crippen LogP) is 7.05. The molecule has 1 aromatic rings. The first-order valence-electron chi connectivity index (χ1n) is 5.64. The SMILES string of the molecule is CCN(CC)c1ccc([N+]#N)cc1Cl.F[P-](F)(F)(F)(F)F. The summed E-state index contributed by atoms with van der Waals surface area (Å²) in [6.07, 6.45) is 0. The summed E-state index contributed by atoms with van der Waals surface area (Å²) < 4.78 is 59.2. The number of benzene rings is 1. The standard InChI is InChI=1S/C10H13ClN3.F6P/c1-3-14(4-2)10-6-5-8(13-12)7-9(10)11;1-7(2,3,4,5)6/h5-7H,3-4H2,1-2H3;/q+1;-1. The Morgan fingerprint density at radius 1 is 1.10 bits per heavy atom. The molecule has 21 heavy (non-hydrogen) atoms. The Morgan fingerprint density at radius 3 is 1.81 bits per heavy atom. The van der Waals surface area contributed by atoms with Crippen LogP contribution in [0, 0.1) is 5.39 Å². The fourth-order valence-corrected chi connectivity index (χ4v) is 1.67. The summed E-state index contributed by atoms with van der Waals surface area (Å²) in [5.41, 5.74) is 1.45. The Kier molecular flexibility index (Phi) is 5.50. The molecule has 11 heteroatoms. The van der Waals surface area contributed by atoms with Gasteiger partial charge in [-0.25, -0.2) is 0 Å². The van der Waals surface area contributed by atoms with E-state index in [0.29, 0.717) is 10.7 Å². The van der Waals surface area contributed by atoms with E-state index in [9.17, 15) is 25.2 Å². The fraction of sp³-hybridized carbons (Fsp3) is 0.400. The van der Waals surface area contributed by atoms with Crippen molar-refractivity contribution in [2.75, 3.05) is 18.0 Å². The molecule has 0 bridgehead atoms. The van der Waals surface area contributed by atoms with Gasteiger partial charge in [0.05, 0.1) is 16.8 Å². The second-order valence-electron chi connectivity index (χ2n) is 3.87. The van der Waals surface area contributed by atoms with Crippen LogP contribution in [-0.4, -0.2) is 13.1 Å². The minimum absolute atomic E-state index is 0.478. The second kappa shape index (κ2) is 5.85. The zero-order chi connectivity index (χ0) is 17.0. The maximum absolute atomic E-state index is 10.7. The van der Waals surface area contributed by atoms with Crippen LogP contribution in [0.25, 0.3) is 4.98 Å². The third-order valence-corrected chi connectivity index (χ3v) is 2.45. The molecule has 122 valence electrons. The normalized spacial score (nSPS) is 14.1. The zero-order valence-corrected chi connectivity index (χ0v) is 12.7. The molecule has 0 unspecified atom stereocenters. The van der Waals surface area contributed by atoms with Crippen LogP contribution in [-0.2, 0) is 0 Å². The first kappa shape index (κ1) is 19.7. The molecule has 1 rings (SSSR count). The summed E-state index contributed by atoms with van der Waals surface area (Å²) in [7, 11) is -10.7. The van der Waals surface area contributed by atoms with Crippen LogP contribution < -0.4 is 4.90 Å². The van der Waals surface area contributed by atoms with Gasteiger partial charge in [0.2, 0.25) is 5.39 Å². The van der Waals surface area contributed by atoms with Crippen LogP contribution in [0.1, 0.15) is 13.8 Å². The molecule has 1 aromatic carbocycles.